The van der Waals surface area contributed by atoms with E-state index < -0.39 is 0 Å². The highest BCUT2D eigenvalue weighted by Gasteiger charge is 2.14. The molecule has 0 fully saturated rings. The van der Waals surface area contributed by atoms with Crippen molar-refractivity contribution in [3.63, 3.8) is 0 Å². The van der Waals surface area contributed by atoms with Crippen LogP contribution in [0.25, 0.3) is 17.2 Å². The molecule has 0 bridgehead atoms. The normalized spacial score (nSPS) is 11.4. The van der Waals surface area contributed by atoms with E-state index in [-0.39, 0.29) is 0 Å². The molecule has 0 amide bonds. The molecule has 7 heteroatoms. The average Bonchev–Trinajstić information content (AvgIpc) is 3.06. The highest BCUT2D eigenvalue weighted by Crippen LogP contribution is 2.21. The van der Waals surface area contributed by atoms with Gasteiger partial charge in [-0.1, -0.05) is 13.8 Å². The van der Waals surface area contributed by atoms with Gasteiger partial charge in [-0.05, 0) is 31.4 Å². The molecule has 3 aromatic heterocycles. The lowest BCUT2D eigenvalue weighted by molar-refractivity contribution is 0.147. The van der Waals surface area contributed by atoms with Crippen LogP contribution in [0.3, 0.4) is 0 Å². The van der Waals surface area contributed by atoms with Crippen molar-refractivity contribution in [2.45, 2.75) is 33.1 Å². The largest absolute Gasteiger partial charge is 0.382 e. The van der Waals surface area contributed by atoms with Crippen LogP contribution in [0.15, 0.2) is 30.6 Å². The van der Waals surface area contributed by atoms with E-state index in [9.17, 15) is 0 Å². The van der Waals surface area contributed by atoms with Crippen LogP contribution in [0.2, 0.25) is 0 Å². The molecule has 0 spiro atoms. The Morgan fingerprint density at radius 3 is 2.88 bits per heavy atom. The maximum absolute atomic E-state index is 5.39. The fraction of sp³-hybridized carbons (Fsp3) is 0.444. The first-order valence-electron chi connectivity index (χ1n) is 8.68. The molecule has 0 unspecified atom stereocenters. The second-order valence-electron chi connectivity index (χ2n) is 6.09. The highest BCUT2D eigenvalue weighted by molar-refractivity contribution is 5.57. The Labute approximate surface area is 147 Å². The molecular formula is C18H24N6O. The summed E-state index contributed by atoms with van der Waals surface area (Å²) in [5.41, 5.74) is 1.87. The van der Waals surface area contributed by atoms with Gasteiger partial charge in [-0.3, -0.25) is 4.98 Å². The van der Waals surface area contributed by atoms with Crippen molar-refractivity contribution >= 4 is 11.6 Å². The number of anilines is 1. The van der Waals surface area contributed by atoms with E-state index in [1.54, 1.807) is 16.9 Å². The third-order valence-electron chi connectivity index (χ3n) is 3.82. The van der Waals surface area contributed by atoms with Crippen LogP contribution in [0.1, 0.15) is 38.8 Å². The monoisotopic (exact) mass is 340 g/mol. The van der Waals surface area contributed by atoms with Gasteiger partial charge in [0.25, 0.3) is 5.78 Å². The number of aromatic nitrogens is 5. The molecule has 0 aliphatic heterocycles. The summed E-state index contributed by atoms with van der Waals surface area (Å²) < 4.78 is 7.15. The van der Waals surface area contributed by atoms with Crippen molar-refractivity contribution in [3.05, 3.63) is 36.3 Å². The Balaban J connectivity index is 1.91. The van der Waals surface area contributed by atoms with Crippen LogP contribution in [-0.4, -0.2) is 44.3 Å². The molecule has 0 aromatic carbocycles. The van der Waals surface area contributed by atoms with E-state index in [0.717, 1.165) is 43.3 Å². The van der Waals surface area contributed by atoms with E-state index in [2.05, 4.69) is 39.2 Å². The third kappa shape index (κ3) is 4.11. The molecule has 25 heavy (non-hydrogen) atoms. The number of rotatable bonds is 8. The Morgan fingerprint density at radius 2 is 2.16 bits per heavy atom. The third-order valence-corrected chi connectivity index (χ3v) is 3.82. The molecule has 3 aromatic rings. The number of pyridine rings is 1. The Kier molecular flexibility index (Phi) is 5.55. The molecule has 0 saturated carbocycles. The number of nitrogens with zero attached hydrogens (tertiary/aromatic N) is 5. The first-order chi connectivity index (χ1) is 12.2. The lowest BCUT2D eigenvalue weighted by atomic mass is 10.1. The molecular weight excluding hydrogens is 316 g/mol. The molecule has 132 valence electrons. The predicted molar refractivity (Wildman–Crippen MR) is 97.7 cm³/mol. The van der Waals surface area contributed by atoms with E-state index >= 15 is 0 Å². The Bertz CT molecular complexity index is 815. The van der Waals surface area contributed by atoms with Crippen LogP contribution in [0.4, 0.5) is 5.82 Å². The lowest BCUT2D eigenvalue weighted by Gasteiger charge is -2.11. The van der Waals surface area contributed by atoms with Crippen molar-refractivity contribution in [2.75, 3.05) is 25.1 Å². The van der Waals surface area contributed by atoms with Crippen LogP contribution in [-0.2, 0) is 4.74 Å². The smallest absolute Gasteiger partial charge is 0.254 e. The van der Waals surface area contributed by atoms with Gasteiger partial charge in [-0.25, -0.2) is 4.98 Å². The van der Waals surface area contributed by atoms with Crippen molar-refractivity contribution in [1.82, 2.24) is 24.6 Å². The van der Waals surface area contributed by atoms with E-state index in [1.807, 2.05) is 25.1 Å². The van der Waals surface area contributed by atoms with E-state index in [0.29, 0.717) is 17.5 Å². The summed E-state index contributed by atoms with van der Waals surface area (Å²) in [4.78, 5) is 13.4. The van der Waals surface area contributed by atoms with Crippen LogP contribution in [0, 0.1) is 0 Å². The zero-order valence-electron chi connectivity index (χ0n) is 14.9. The Morgan fingerprint density at radius 1 is 1.28 bits per heavy atom. The minimum atomic E-state index is 0.313. The quantitative estimate of drug-likeness (QED) is 0.635. The van der Waals surface area contributed by atoms with Gasteiger partial charge in [-0.15, -0.1) is 5.10 Å². The van der Waals surface area contributed by atoms with Crippen molar-refractivity contribution < 1.29 is 4.74 Å². The minimum absolute atomic E-state index is 0.313. The summed E-state index contributed by atoms with van der Waals surface area (Å²) >= 11 is 0. The number of hydrogen-bond donors (Lipinski definition) is 1. The van der Waals surface area contributed by atoms with Gasteiger partial charge < -0.3 is 10.1 Å². The lowest BCUT2D eigenvalue weighted by Crippen LogP contribution is -2.11. The molecule has 1 N–H and O–H groups in total. The van der Waals surface area contributed by atoms with Crippen molar-refractivity contribution in [3.8, 4) is 11.4 Å². The number of fused-ring (bicyclic) bond motifs is 1. The van der Waals surface area contributed by atoms with Gasteiger partial charge in [0.2, 0.25) is 0 Å². The zero-order valence-corrected chi connectivity index (χ0v) is 14.9. The molecule has 0 aliphatic rings. The molecule has 3 rings (SSSR count). The summed E-state index contributed by atoms with van der Waals surface area (Å²) in [7, 11) is 0. The van der Waals surface area contributed by atoms with Crippen LogP contribution < -0.4 is 5.32 Å². The summed E-state index contributed by atoms with van der Waals surface area (Å²) in [5.74, 6) is 2.43. The summed E-state index contributed by atoms with van der Waals surface area (Å²) in [6.45, 7) is 8.54. The molecule has 7 nitrogen and oxygen atoms in total. The summed E-state index contributed by atoms with van der Waals surface area (Å²) in [5, 5.41) is 8.04. The topological polar surface area (TPSA) is 77.2 Å². The van der Waals surface area contributed by atoms with Crippen molar-refractivity contribution in [1.29, 1.82) is 0 Å². The standard InChI is InChI=1S/C18H24N6O/c1-4-25-10-6-9-20-16-11-15(13(2)3)21-18-22-17(23-24(16)18)14-7-5-8-19-12-14/h5,7-8,11-13,20H,4,6,9-10H2,1-3H3. The Hall–Kier alpha value is -2.54. The predicted octanol–water partition coefficient (Wildman–Crippen LogP) is 3.15. The highest BCUT2D eigenvalue weighted by atomic mass is 16.5. The van der Waals surface area contributed by atoms with E-state index in [4.69, 9.17) is 4.74 Å². The van der Waals surface area contributed by atoms with Gasteiger partial charge in [0.05, 0.1) is 5.69 Å². The van der Waals surface area contributed by atoms with Gasteiger partial charge in [-0.2, -0.15) is 9.50 Å². The van der Waals surface area contributed by atoms with Crippen LogP contribution in [0.5, 0.6) is 0 Å². The summed E-state index contributed by atoms with van der Waals surface area (Å²) in [6.07, 6.45) is 4.42. The number of hydrogen-bond acceptors (Lipinski definition) is 6. The van der Waals surface area contributed by atoms with Gasteiger partial charge >= 0.3 is 0 Å². The maximum atomic E-state index is 5.39. The maximum Gasteiger partial charge on any atom is 0.254 e. The average molecular weight is 340 g/mol. The number of ether oxygens (including phenoxy) is 1. The molecule has 0 saturated heterocycles. The molecule has 3 heterocycles. The fourth-order valence-corrected chi connectivity index (χ4v) is 2.46. The van der Waals surface area contributed by atoms with Gasteiger partial charge in [0.15, 0.2) is 5.82 Å². The second kappa shape index (κ2) is 8.02. The zero-order chi connectivity index (χ0) is 17.6. The van der Waals surface area contributed by atoms with Gasteiger partial charge in [0, 0.05) is 43.8 Å². The first kappa shape index (κ1) is 17.3. The SMILES string of the molecule is CCOCCCNc1cc(C(C)C)nc2nc(-c3cccnc3)nn12. The van der Waals surface area contributed by atoms with Crippen LogP contribution >= 0.6 is 0 Å². The van der Waals surface area contributed by atoms with Gasteiger partial charge in [0.1, 0.15) is 5.82 Å². The fourth-order valence-electron chi connectivity index (χ4n) is 2.46. The second-order valence-corrected chi connectivity index (χ2v) is 6.09. The summed E-state index contributed by atoms with van der Waals surface area (Å²) in [6, 6.07) is 5.86. The number of nitrogens with one attached hydrogen (secondary N) is 1. The molecule has 0 radical (unpaired) electrons. The van der Waals surface area contributed by atoms with Crippen molar-refractivity contribution in [2.24, 2.45) is 0 Å². The first-order valence-corrected chi connectivity index (χ1v) is 8.68. The van der Waals surface area contributed by atoms with E-state index in [1.165, 1.54) is 0 Å². The minimum Gasteiger partial charge on any atom is -0.382 e. The molecule has 0 atom stereocenters. The molecule has 0 aliphatic carbocycles.